The highest BCUT2D eigenvalue weighted by atomic mass is 14.9. The maximum atomic E-state index is 5.06. The minimum atomic E-state index is 0.871. The van der Waals surface area contributed by atoms with Crippen molar-refractivity contribution in [3.63, 3.8) is 0 Å². The second-order valence-electron chi connectivity index (χ2n) is 9.85. The highest BCUT2D eigenvalue weighted by Gasteiger charge is 2.14. The molecule has 0 unspecified atom stereocenters. The lowest BCUT2D eigenvalue weighted by atomic mass is 10.0. The zero-order valence-electron chi connectivity index (χ0n) is 20.3. The van der Waals surface area contributed by atoms with Gasteiger partial charge in [0.2, 0.25) is 0 Å². The number of rotatable bonds is 4. The van der Waals surface area contributed by atoms with Gasteiger partial charge in [-0.05, 0) is 28.0 Å². The van der Waals surface area contributed by atoms with Crippen LogP contribution in [-0.2, 0) is 12.8 Å². The minimum Gasteiger partial charge on any atom is -0.341 e. The molecule has 0 amide bonds. The zero-order valence-corrected chi connectivity index (χ0v) is 20.3. The van der Waals surface area contributed by atoms with Crippen LogP contribution in [0.1, 0.15) is 18.1 Å². The SMILES string of the molecule is c1ccc2c(c1)c1ccccc1c1[nH]c(CCCc3nc4c5ccccc5c5ccccc5c4[nH]3)nc21. The molecular formula is C33H24N4. The van der Waals surface area contributed by atoms with Gasteiger partial charge in [-0.25, -0.2) is 9.97 Å². The van der Waals surface area contributed by atoms with Crippen molar-refractivity contribution < 1.29 is 0 Å². The Hall–Kier alpha value is -4.70. The van der Waals surface area contributed by atoms with Gasteiger partial charge in [-0.2, -0.15) is 0 Å². The van der Waals surface area contributed by atoms with E-state index in [0.29, 0.717) is 0 Å². The van der Waals surface area contributed by atoms with Crippen LogP contribution in [0.15, 0.2) is 97.1 Å². The minimum absolute atomic E-state index is 0.871. The number of hydrogen-bond acceptors (Lipinski definition) is 2. The second-order valence-corrected chi connectivity index (χ2v) is 9.85. The van der Waals surface area contributed by atoms with Gasteiger partial charge in [0.05, 0.1) is 22.1 Å². The average Bonchev–Trinajstić information content (AvgIpc) is 3.59. The van der Waals surface area contributed by atoms with Crippen LogP contribution in [0.2, 0.25) is 0 Å². The molecule has 2 N–H and O–H groups in total. The Bertz CT molecular complexity index is 1830. The van der Waals surface area contributed by atoms with Gasteiger partial charge >= 0.3 is 0 Å². The molecular weight excluding hydrogens is 452 g/mol. The predicted octanol–water partition coefficient (Wildman–Crippen LogP) is 8.23. The number of benzene rings is 6. The van der Waals surface area contributed by atoms with Crippen LogP contribution in [-0.4, -0.2) is 19.9 Å². The van der Waals surface area contributed by atoms with E-state index in [0.717, 1.165) is 53.0 Å². The van der Waals surface area contributed by atoms with Gasteiger partial charge in [-0.15, -0.1) is 0 Å². The molecule has 2 heterocycles. The van der Waals surface area contributed by atoms with Crippen molar-refractivity contribution in [3.05, 3.63) is 109 Å². The van der Waals surface area contributed by atoms with Gasteiger partial charge in [0.1, 0.15) is 11.6 Å². The van der Waals surface area contributed by atoms with Gasteiger partial charge < -0.3 is 9.97 Å². The summed E-state index contributed by atoms with van der Waals surface area (Å²) in [7, 11) is 0. The number of aryl methyl sites for hydroxylation is 2. The molecule has 0 atom stereocenters. The van der Waals surface area contributed by atoms with Crippen LogP contribution in [0, 0.1) is 0 Å². The quantitative estimate of drug-likeness (QED) is 0.251. The van der Waals surface area contributed by atoms with Crippen LogP contribution >= 0.6 is 0 Å². The van der Waals surface area contributed by atoms with E-state index in [2.05, 4.69) is 107 Å². The summed E-state index contributed by atoms with van der Waals surface area (Å²) in [5.41, 5.74) is 4.38. The number of H-pyrrole nitrogens is 2. The molecule has 0 aliphatic carbocycles. The van der Waals surface area contributed by atoms with E-state index in [-0.39, 0.29) is 0 Å². The van der Waals surface area contributed by atoms with E-state index in [9.17, 15) is 0 Å². The summed E-state index contributed by atoms with van der Waals surface area (Å²) in [6, 6.07) is 34.4. The maximum Gasteiger partial charge on any atom is 0.107 e. The first-order valence-electron chi connectivity index (χ1n) is 12.9. The molecule has 4 heteroatoms. The van der Waals surface area contributed by atoms with Crippen molar-refractivity contribution in [2.45, 2.75) is 19.3 Å². The van der Waals surface area contributed by atoms with Crippen LogP contribution in [0.3, 0.4) is 0 Å². The van der Waals surface area contributed by atoms with Crippen molar-refractivity contribution in [2.75, 3.05) is 0 Å². The number of nitrogens with zero attached hydrogens (tertiary/aromatic N) is 2. The second kappa shape index (κ2) is 7.90. The Morgan fingerprint density at radius 1 is 0.405 bits per heavy atom. The summed E-state index contributed by atoms with van der Waals surface area (Å²) in [6.07, 6.45) is 2.71. The Labute approximate surface area is 213 Å². The van der Waals surface area contributed by atoms with Gasteiger partial charge in [0.25, 0.3) is 0 Å². The first-order valence-corrected chi connectivity index (χ1v) is 12.9. The Morgan fingerprint density at radius 2 is 0.730 bits per heavy atom. The highest BCUT2D eigenvalue weighted by molar-refractivity contribution is 6.24. The van der Waals surface area contributed by atoms with Crippen molar-refractivity contribution in [2.24, 2.45) is 0 Å². The largest absolute Gasteiger partial charge is 0.341 e. The van der Waals surface area contributed by atoms with Crippen molar-refractivity contribution in [3.8, 4) is 0 Å². The third kappa shape index (κ3) is 3.09. The van der Waals surface area contributed by atoms with E-state index in [4.69, 9.17) is 9.97 Å². The van der Waals surface area contributed by atoms with Crippen molar-refractivity contribution >= 4 is 65.2 Å². The summed E-state index contributed by atoms with van der Waals surface area (Å²) in [6.45, 7) is 0. The van der Waals surface area contributed by atoms with E-state index >= 15 is 0 Å². The number of nitrogens with one attached hydrogen (secondary N) is 2. The van der Waals surface area contributed by atoms with Crippen LogP contribution in [0.5, 0.6) is 0 Å². The molecule has 0 radical (unpaired) electrons. The smallest absolute Gasteiger partial charge is 0.107 e. The first kappa shape index (κ1) is 20.5. The number of hydrogen-bond donors (Lipinski definition) is 2. The molecule has 0 saturated carbocycles. The molecule has 0 bridgehead atoms. The number of aromatic amines is 2. The van der Waals surface area contributed by atoms with Crippen LogP contribution < -0.4 is 0 Å². The maximum absolute atomic E-state index is 5.06. The fourth-order valence-electron chi connectivity index (χ4n) is 6.01. The molecule has 0 aliphatic rings. The summed E-state index contributed by atoms with van der Waals surface area (Å²) < 4.78 is 0. The standard InChI is InChI=1S/C33H24N4/c1-5-14-24-20(10-1)21-11-2-6-15-25(21)31-30(24)34-28(35-31)18-9-19-29-36-32-26-16-7-3-12-22(26)23-13-4-8-17-27(23)33(32)37-29/h1-8,10-17H,9,18-19H2,(H,34,35)(H,36,37). The summed E-state index contributed by atoms with van der Waals surface area (Å²) in [5.74, 6) is 2.06. The molecule has 0 aliphatic heterocycles. The summed E-state index contributed by atoms with van der Waals surface area (Å²) in [4.78, 5) is 17.4. The fourth-order valence-corrected chi connectivity index (χ4v) is 6.01. The molecule has 37 heavy (non-hydrogen) atoms. The van der Waals surface area contributed by atoms with Crippen LogP contribution in [0.4, 0.5) is 0 Å². The van der Waals surface area contributed by atoms with E-state index < -0.39 is 0 Å². The Kier molecular flexibility index (Phi) is 4.38. The number of fused-ring (bicyclic) bond motifs is 12. The zero-order chi connectivity index (χ0) is 24.3. The molecule has 176 valence electrons. The number of aromatic nitrogens is 4. The molecule has 0 saturated heterocycles. The summed E-state index contributed by atoms with van der Waals surface area (Å²) in [5, 5.41) is 9.90. The first-order chi connectivity index (χ1) is 18.3. The predicted molar refractivity (Wildman–Crippen MR) is 154 cm³/mol. The fraction of sp³-hybridized carbons (Fsp3) is 0.0909. The third-order valence-electron chi connectivity index (χ3n) is 7.67. The molecule has 8 aromatic rings. The monoisotopic (exact) mass is 476 g/mol. The van der Waals surface area contributed by atoms with Gasteiger partial charge in [0.15, 0.2) is 0 Å². The molecule has 0 spiro atoms. The Balaban J connectivity index is 1.16. The van der Waals surface area contributed by atoms with Gasteiger partial charge in [-0.1, -0.05) is 97.1 Å². The topological polar surface area (TPSA) is 57.4 Å². The molecule has 0 fully saturated rings. The Morgan fingerprint density at radius 3 is 1.14 bits per heavy atom. The molecule has 2 aromatic heterocycles. The average molecular weight is 477 g/mol. The van der Waals surface area contributed by atoms with E-state index in [1.165, 1.54) is 43.1 Å². The normalized spacial score (nSPS) is 12.1. The van der Waals surface area contributed by atoms with Crippen LogP contribution in [0.25, 0.3) is 65.2 Å². The molecule has 4 nitrogen and oxygen atoms in total. The number of imidazole rings is 2. The van der Waals surface area contributed by atoms with Gasteiger partial charge in [-0.3, -0.25) is 0 Å². The lowest BCUT2D eigenvalue weighted by Gasteiger charge is -2.05. The van der Waals surface area contributed by atoms with Crippen molar-refractivity contribution in [1.29, 1.82) is 0 Å². The lowest BCUT2D eigenvalue weighted by Crippen LogP contribution is -1.93. The van der Waals surface area contributed by atoms with Crippen molar-refractivity contribution in [1.82, 2.24) is 19.9 Å². The molecule has 8 rings (SSSR count). The van der Waals surface area contributed by atoms with E-state index in [1.54, 1.807) is 0 Å². The lowest BCUT2D eigenvalue weighted by molar-refractivity contribution is 0.759. The van der Waals surface area contributed by atoms with Gasteiger partial charge in [0, 0.05) is 34.4 Å². The van der Waals surface area contributed by atoms with E-state index in [1.807, 2.05) is 0 Å². The molecule has 6 aromatic carbocycles. The highest BCUT2D eigenvalue weighted by Crippen LogP contribution is 2.35. The third-order valence-corrected chi connectivity index (χ3v) is 7.67. The summed E-state index contributed by atoms with van der Waals surface area (Å²) >= 11 is 0.